The SMILES string of the molecule is Cc1ccc(C(C)C)cc1C(=O)C1CCNCC1. The van der Waals surface area contributed by atoms with Crippen LogP contribution in [-0.4, -0.2) is 18.9 Å². The molecule has 1 N–H and O–H groups in total. The highest BCUT2D eigenvalue weighted by atomic mass is 16.1. The zero-order valence-electron chi connectivity index (χ0n) is 11.6. The van der Waals surface area contributed by atoms with E-state index in [0.717, 1.165) is 37.1 Å². The van der Waals surface area contributed by atoms with E-state index in [0.29, 0.717) is 11.7 Å². The number of hydrogen-bond donors (Lipinski definition) is 1. The third-order valence-electron chi connectivity index (χ3n) is 3.90. The number of Topliss-reactive ketones (excluding diaryl/α,β-unsaturated/α-hetero) is 1. The zero-order valence-corrected chi connectivity index (χ0v) is 11.6. The fraction of sp³-hybridized carbons (Fsp3) is 0.562. The minimum atomic E-state index is 0.215. The predicted octanol–water partition coefficient (Wildman–Crippen LogP) is 3.30. The van der Waals surface area contributed by atoms with Gasteiger partial charge >= 0.3 is 0 Å². The number of aryl methyl sites for hydroxylation is 1. The van der Waals surface area contributed by atoms with Gasteiger partial charge < -0.3 is 5.32 Å². The molecule has 1 heterocycles. The third kappa shape index (κ3) is 2.81. The Morgan fingerprint density at radius 2 is 1.94 bits per heavy atom. The van der Waals surface area contributed by atoms with Crippen LogP contribution in [0, 0.1) is 12.8 Å². The number of rotatable bonds is 3. The number of carbonyl (C=O) groups excluding carboxylic acids is 1. The van der Waals surface area contributed by atoms with E-state index in [1.54, 1.807) is 0 Å². The van der Waals surface area contributed by atoms with Crippen molar-refractivity contribution in [3.63, 3.8) is 0 Å². The quantitative estimate of drug-likeness (QED) is 0.828. The van der Waals surface area contributed by atoms with Crippen LogP contribution >= 0.6 is 0 Å². The van der Waals surface area contributed by atoms with E-state index < -0.39 is 0 Å². The lowest BCUT2D eigenvalue weighted by Crippen LogP contribution is -2.32. The maximum absolute atomic E-state index is 12.6. The highest BCUT2D eigenvalue weighted by Crippen LogP contribution is 2.24. The van der Waals surface area contributed by atoms with Gasteiger partial charge in [0.05, 0.1) is 0 Å². The summed E-state index contributed by atoms with van der Waals surface area (Å²) in [6, 6.07) is 6.33. The summed E-state index contributed by atoms with van der Waals surface area (Å²) in [6.45, 7) is 8.32. The van der Waals surface area contributed by atoms with Crippen molar-refractivity contribution in [2.75, 3.05) is 13.1 Å². The number of nitrogens with one attached hydrogen (secondary N) is 1. The van der Waals surface area contributed by atoms with Crippen LogP contribution in [0.15, 0.2) is 18.2 Å². The monoisotopic (exact) mass is 245 g/mol. The van der Waals surface area contributed by atoms with Gasteiger partial charge in [-0.25, -0.2) is 0 Å². The van der Waals surface area contributed by atoms with Crippen LogP contribution in [0.3, 0.4) is 0 Å². The van der Waals surface area contributed by atoms with Crippen molar-refractivity contribution in [3.8, 4) is 0 Å². The number of ketones is 1. The van der Waals surface area contributed by atoms with Crippen molar-refractivity contribution in [2.24, 2.45) is 5.92 Å². The first-order valence-corrected chi connectivity index (χ1v) is 6.95. The Morgan fingerprint density at radius 3 is 2.56 bits per heavy atom. The fourth-order valence-corrected chi connectivity index (χ4v) is 2.57. The van der Waals surface area contributed by atoms with Crippen LogP contribution < -0.4 is 5.32 Å². The van der Waals surface area contributed by atoms with Gasteiger partial charge in [-0.3, -0.25) is 4.79 Å². The van der Waals surface area contributed by atoms with Gasteiger partial charge in [0.15, 0.2) is 5.78 Å². The Hall–Kier alpha value is -1.15. The summed E-state index contributed by atoms with van der Waals surface area (Å²) in [5, 5.41) is 3.31. The van der Waals surface area contributed by atoms with Crippen molar-refractivity contribution < 1.29 is 4.79 Å². The first-order valence-electron chi connectivity index (χ1n) is 6.95. The van der Waals surface area contributed by atoms with E-state index in [9.17, 15) is 4.79 Å². The van der Waals surface area contributed by atoms with Crippen LogP contribution in [0.25, 0.3) is 0 Å². The van der Waals surface area contributed by atoms with E-state index in [2.05, 4.69) is 37.4 Å². The van der Waals surface area contributed by atoms with Crippen LogP contribution in [0.5, 0.6) is 0 Å². The van der Waals surface area contributed by atoms with Crippen molar-refractivity contribution in [3.05, 3.63) is 34.9 Å². The van der Waals surface area contributed by atoms with Crippen molar-refractivity contribution in [1.29, 1.82) is 0 Å². The summed E-state index contributed by atoms with van der Waals surface area (Å²) >= 11 is 0. The lowest BCUT2D eigenvalue weighted by Gasteiger charge is -2.22. The van der Waals surface area contributed by atoms with E-state index in [1.165, 1.54) is 5.56 Å². The van der Waals surface area contributed by atoms with Gasteiger partial charge in [-0.1, -0.05) is 26.0 Å². The predicted molar refractivity (Wildman–Crippen MR) is 75.2 cm³/mol. The molecule has 1 aliphatic heterocycles. The van der Waals surface area contributed by atoms with Crippen molar-refractivity contribution >= 4 is 5.78 Å². The molecule has 1 fully saturated rings. The van der Waals surface area contributed by atoms with Crippen LogP contribution in [0.1, 0.15) is 54.1 Å². The van der Waals surface area contributed by atoms with E-state index in [4.69, 9.17) is 0 Å². The Bertz CT molecular complexity index is 431. The van der Waals surface area contributed by atoms with Crippen LogP contribution in [0.2, 0.25) is 0 Å². The summed E-state index contributed by atoms with van der Waals surface area (Å²) < 4.78 is 0. The summed E-state index contributed by atoms with van der Waals surface area (Å²) in [5.74, 6) is 1.04. The van der Waals surface area contributed by atoms with Gasteiger partial charge in [-0.15, -0.1) is 0 Å². The molecule has 0 unspecified atom stereocenters. The second-order valence-electron chi connectivity index (χ2n) is 5.62. The number of carbonyl (C=O) groups is 1. The molecule has 98 valence electrons. The highest BCUT2D eigenvalue weighted by Gasteiger charge is 2.23. The van der Waals surface area contributed by atoms with Gasteiger partial charge in [0.1, 0.15) is 0 Å². The molecule has 1 aliphatic rings. The van der Waals surface area contributed by atoms with Gasteiger partial charge in [0.2, 0.25) is 0 Å². The van der Waals surface area contributed by atoms with E-state index in [-0.39, 0.29) is 5.92 Å². The molecule has 2 heteroatoms. The molecule has 0 radical (unpaired) electrons. The highest BCUT2D eigenvalue weighted by molar-refractivity contribution is 5.99. The normalized spacial score (nSPS) is 17.1. The molecule has 0 aliphatic carbocycles. The molecular formula is C16H23NO. The smallest absolute Gasteiger partial charge is 0.166 e. The van der Waals surface area contributed by atoms with Crippen LogP contribution in [-0.2, 0) is 0 Å². The fourth-order valence-electron chi connectivity index (χ4n) is 2.57. The lowest BCUT2D eigenvalue weighted by molar-refractivity contribution is 0.0894. The van der Waals surface area contributed by atoms with E-state index in [1.807, 2.05) is 6.92 Å². The largest absolute Gasteiger partial charge is 0.317 e. The number of benzene rings is 1. The van der Waals surface area contributed by atoms with Crippen molar-refractivity contribution in [1.82, 2.24) is 5.32 Å². The number of hydrogen-bond acceptors (Lipinski definition) is 2. The maximum atomic E-state index is 12.6. The Morgan fingerprint density at radius 1 is 1.28 bits per heavy atom. The molecule has 0 atom stereocenters. The molecule has 2 rings (SSSR count). The molecular weight excluding hydrogens is 222 g/mol. The summed E-state index contributed by atoms with van der Waals surface area (Å²) in [5.41, 5.74) is 3.31. The second-order valence-corrected chi connectivity index (χ2v) is 5.62. The molecule has 18 heavy (non-hydrogen) atoms. The standard InChI is InChI=1S/C16H23NO/c1-11(2)14-5-4-12(3)15(10-14)16(18)13-6-8-17-9-7-13/h4-5,10-11,13,17H,6-9H2,1-3H3. The van der Waals surface area contributed by atoms with Crippen molar-refractivity contribution in [2.45, 2.75) is 39.5 Å². The molecule has 0 aromatic heterocycles. The van der Waals surface area contributed by atoms with Gasteiger partial charge in [0.25, 0.3) is 0 Å². The Labute approximate surface area is 110 Å². The first-order chi connectivity index (χ1) is 8.59. The minimum Gasteiger partial charge on any atom is -0.317 e. The second kappa shape index (κ2) is 5.66. The molecule has 0 bridgehead atoms. The van der Waals surface area contributed by atoms with Gasteiger partial charge in [-0.05, 0) is 56.0 Å². The third-order valence-corrected chi connectivity index (χ3v) is 3.90. The molecule has 0 spiro atoms. The maximum Gasteiger partial charge on any atom is 0.166 e. The lowest BCUT2D eigenvalue weighted by atomic mass is 9.86. The molecule has 1 aromatic carbocycles. The van der Waals surface area contributed by atoms with E-state index >= 15 is 0 Å². The Balaban J connectivity index is 2.25. The molecule has 1 saturated heterocycles. The summed E-state index contributed by atoms with van der Waals surface area (Å²) in [6.07, 6.45) is 1.95. The Kier molecular flexibility index (Phi) is 4.18. The summed E-state index contributed by atoms with van der Waals surface area (Å²) in [4.78, 5) is 12.6. The zero-order chi connectivity index (χ0) is 13.1. The first kappa shape index (κ1) is 13.3. The van der Waals surface area contributed by atoms with Crippen LogP contribution in [0.4, 0.5) is 0 Å². The minimum absolute atomic E-state index is 0.215. The molecule has 0 saturated carbocycles. The number of piperidine rings is 1. The topological polar surface area (TPSA) is 29.1 Å². The molecule has 1 aromatic rings. The average molecular weight is 245 g/mol. The molecule has 0 amide bonds. The van der Waals surface area contributed by atoms with Gasteiger partial charge in [-0.2, -0.15) is 0 Å². The summed E-state index contributed by atoms with van der Waals surface area (Å²) in [7, 11) is 0. The molecule has 2 nitrogen and oxygen atoms in total. The van der Waals surface area contributed by atoms with Gasteiger partial charge in [0, 0.05) is 11.5 Å². The average Bonchev–Trinajstić information content (AvgIpc) is 2.39.